The van der Waals surface area contributed by atoms with E-state index >= 15 is 0 Å². The van der Waals surface area contributed by atoms with E-state index in [9.17, 15) is 13.5 Å². The molecule has 0 saturated heterocycles. The molecule has 4 N–H and O–H groups in total. The Balaban J connectivity index is 2.60. The van der Waals surface area contributed by atoms with E-state index in [2.05, 4.69) is 11.6 Å². The number of unbranched alkanes of at least 4 members (excludes halogenated alkanes) is 3. The molecule has 18 heavy (non-hydrogen) atoms. The summed E-state index contributed by atoms with van der Waals surface area (Å²) in [4.78, 5) is 0.0771. The summed E-state index contributed by atoms with van der Waals surface area (Å²) < 4.78 is 26.3. The molecule has 0 radical (unpaired) electrons. The Morgan fingerprint density at radius 3 is 2.61 bits per heavy atom. The molecule has 0 amide bonds. The van der Waals surface area contributed by atoms with Crippen molar-refractivity contribution < 1.29 is 13.5 Å². The predicted octanol–water partition coefficient (Wildman–Crippen LogP) is 1.83. The fraction of sp³-hybridized carbons (Fsp3) is 0.500. The van der Waals surface area contributed by atoms with Crippen LogP contribution in [0.4, 0.5) is 5.69 Å². The zero-order valence-electron chi connectivity index (χ0n) is 10.5. The van der Waals surface area contributed by atoms with E-state index in [4.69, 9.17) is 5.73 Å². The maximum absolute atomic E-state index is 11.9. The fourth-order valence-electron chi connectivity index (χ4n) is 1.54. The van der Waals surface area contributed by atoms with E-state index in [1.54, 1.807) is 0 Å². The molecule has 102 valence electrons. The third-order valence-electron chi connectivity index (χ3n) is 2.63. The van der Waals surface area contributed by atoms with E-state index in [0.29, 0.717) is 6.54 Å². The van der Waals surface area contributed by atoms with Gasteiger partial charge in [-0.15, -0.1) is 0 Å². The maximum atomic E-state index is 11.9. The summed E-state index contributed by atoms with van der Waals surface area (Å²) in [5.41, 5.74) is 5.53. The molecule has 0 aliphatic heterocycles. The highest BCUT2D eigenvalue weighted by Gasteiger charge is 2.14. The van der Waals surface area contributed by atoms with Gasteiger partial charge < -0.3 is 10.8 Å². The van der Waals surface area contributed by atoms with Crippen molar-refractivity contribution in [1.29, 1.82) is 0 Å². The Morgan fingerprint density at radius 2 is 2.00 bits per heavy atom. The normalized spacial score (nSPS) is 11.6. The number of nitrogens with one attached hydrogen (secondary N) is 1. The van der Waals surface area contributed by atoms with Crippen molar-refractivity contribution >= 4 is 15.7 Å². The number of sulfonamides is 1. The SMILES string of the molecule is CCCCCCNS(=O)(=O)c1ccc(O)c(N)c1. The topological polar surface area (TPSA) is 92.4 Å². The molecule has 1 rings (SSSR count). The van der Waals surface area contributed by atoms with Gasteiger partial charge in [-0.05, 0) is 24.6 Å². The molecular weight excluding hydrogens is 252 g/mol. The van der Waals surface area contributed by atoms with Crippen LogP contribution in [0.3, 0.4) is 0 Å². The van der Waals surface area contributed by atoms with Gasteiger partial charge in [-0.3, -0.25) is 0 Å². The zero-order chi connectivity index (χ0) is 13.6. The second-order valence-corrected chi connectivity index (χ2v) is 5.95. The summed E-state index contributed by atoms with van der Waals surface area (Å²) in [6.45, 7) is 2.52. The van der Waals surface area contributed by atoms with Crippen LogP contribution in [-0.2, 0) is 10.0 Å². The molecule has 0 aliphatic rings. The number of hydrogen-bond donors (Lipinski definition) is 3. The van der Waals surface area contributed by atoms with Crippen molar-refractivity contribution in [2.45, 2.75) is 37.5 Å². The monoisotopic (exact) mass is 272 g/mol. The van der Waals surface area contributed by atoms with Gasteiger partial charge in [0.1, 0.15) is 5.75 Å². The lowest BCUT2D eigenvalue weighted by Gasteiger charge is -2.07. The third-order valence-corrected chi connectivity index (χ3v) is 4.09. The van der Waals surface area contributed by atoms with Gasteiger partial charge >= 0.3 is 0 Å². The summed E-state index contributed by atoms with van der Waals surface area (Å²) in [6, 6.07) is 3.87. The van der Waals surface area contributed by atoms with E-state index < -0.39 is 10.0 Å². The van der Waals surface area contributed by atoms with Crippen molar-refractivity contribution in [3.05, 3.63) is 18.2 Å². The summed E-state index contributed by atoms with van der Waals surface area (Å²) in [5.74, 6) is -0.114. The predicted molar refractivity (Wildman–Crippen MR) is 71.8 cm³/mol. The second-order valence-electron chi connectivity index (χ2n) is 4.18. The third kappa shape index (κ3) is 4.19. The molecule has 0 bridgehead atoms. The highest BCUT2D eigenvalue weighted by Crippen LogP contribution is 2.22. The average Bonchev–Trinajstić information content (AvgIpc) is 2.32. The van der Waals surface area contributed by atoms with Gasteiger partial charge in [-0.25, -0.2) is 13.1 Å². The van der Waals surface area contributed by atoms with Crippen LogP contribution in [0.2, 0.25) is 0 Å². The molecule has 0 atom stereocenters. The summed E-state index contributed by atoms with van der Waals surface area (Å²) >= 11 is 0. The van der Waals surface area contributed by atoms with Crippen LogP contribution >= 0.6 is 0 Å². The number of phenols is 1. The van der Waals surface area contributed by atoms with Gasteiger partial charge in [0.2, 0.25) is 10.0 Å². The van der Waals surface area contributed by atoms with Crippen molar-refractivity contribution in [2.24, 2.45) is 0 Å². The van der Waals surface area contributed by atoms with Crippen molar-refractivity contribution in [1.82, 2.24) is 4.72 Å². The lowest BCUT2D eigenvalue weighted by molar-refractivity contribution is 0.477. The van der Waals surface area contributed by atoms with Gasteiger partial charge in [-0.2, -0.15) is 0 Å². The summed E-state index contributed by atoms with van der Waals surface area (Å²) in [5, 5.41) is 9.24. The molecule has 0 unspecified atom stereocenters. The highest BCUT2D eigenvalue weighted by atomic mass is 32.2. The Morgan fingerprint density at radius 1 is 1.28 bits per heavy atom. The van der Waals surface area contributed by atoms with Crippen LogP contribution in [0.15, 0.2) is 23.1 Å². The van der Waals surface area contributed by atoms with E-state index in [1.807, 2.05) is 0 Å². The Labute approximate surface area is 108 Å². The van der Waals surface area contributed by atoms with E-state index in [1.165, 1.54) is 18.2 Å². The first-order chi connectivity index (χ1) is 8.47. The standard InChI is InChI=1S/C12H20N2O3S/c1-2-3-4-5-8-14-18(16,17)10-6-7-12(15)11(13)9-10/h6-7,9,14-15H,2-5,8,13H2,1H3. The Kier molecular flexibility index (Phi) is 5.43. The largest absolute Gasteiger partial charge is 0.506 e. The molecule has 5 nitrogen and oxygen atoms in total. The molecule has 0 spiro atoms. The number of aromatic hydroxyl groups is 1. The molecule has 0 aliphatic carbocycles. The quantitative estimate of drug-likeness (QED) is 0.401. The molecular formula is C12H20N2O3S. The number of rotatable bonds is 7. The Hall–Kier alpha value is -1.27. The van der Waals surface area contributed by atoms with Crippen LogP contribution in [-0.4, -0.2) is 20.1 Å². The van der Waals surface area contributed by atoms with Gasteiger partial charge in [0.25, 0.3) is 0 Å². The first-order valence-corrected chi connectivity index (χ1v) is 7.54. The Bertz CT molecular complexity index is 486. The van der Waals surface area contributed by atoms with Crippen molar-refractivity contribution in [3.63, 3.8) is 0 Å². The fourth-order valence-corrected chi connectivity index (χ4v) is 2.65. The highest BCUT2D eigenvalue weighted by molar-refractivity contribution is 7.89. The number of anilines is 1. The molecule has 0 saturated carbocycles. The number of nitrogen functional groups attached to an aromatic ring is 1. The lowest BCUT2D eigenvalue weighted by Crippen LogP contribution is -2.24. The summed E-state index contributed by atoms with van der Waals surface area (Å²) in [6.07, 6.45) is 4.05. The maximum Gasteiger partial charge on any atom is 0.240 e. The van der Waals surface area contributed by atoms with Crippen molar-refractivity contribution in [3.8, 4) is 5.75 Å². The van der Waals surface area contributed by atoms with E-state index in [-0.39, 0.29) is 16.3 Å². The van der Waals surface area contributed by atoms with Crippen LogP contribution in [0, 0.1) is 0 Å². The molecule has 6 heteroatoms. The van der Waals surface area contributed by atoms with E-state index in [0.717, 1.165) is 25.7 Å². The van der Waals surface area contributed by atoms with Crippen molar-refractivity contribution in [2.75, 3.05) is 12.3 Å². The van der Waals surface area contributed by atoms with Crippen LogP contribution in [0.25, 0.3) is 0 Å². The van der Waals surface area contributed by atoms with Gasteiger partial charge in [-0.1, -0.05) is 26.2 Å². The molecule has 0 heterocycles. The van der Waals surface area contributed by atoms with Crippen LogP contribution in [0.1, 0.15) is 32.6 Å². The molecule has 0 fully saturated rings. The minimum Gasteiger partial charge on any atom is -0.506 e. The average molecular weight is 272 g/mol. The number of phenolic OH excluding ortho intramolecular Hbond substituents is 1. The first-order valence-electron chi connectivity index (χ1n) is 6.05. The van der Waals surface area contributed by atoms with Crippen LogP contribution < -0.4 is 10.5 Å². The summed E-state index contributed by atoms with van der Waals surface area (Å²) in [7, 11) is -3.53. The zero-order valence-corrected chi connectivity index (χ0v) is 11.3. The van der Waals surface area contributed by atoms with Gasteiger partial charge in [0.15, 0.2) is 0 Å². The van der Waals surface area contributed by atoms with Gasteiger partial charge in [0, 0.05) is 6.54 Å². The minimum absolute atomic E-state index is 0.0591. The minimum atomic E-state index is -3.53. The second kappa shape index (κ2) is 6.61. The molecule has 0 aromatic heterocycles. The first kappa shape index (κ1) is 14.8. The van der Waals surface area contributed by atoms with Crippen LogP contribution in [0.5, 0.6) is 5.75 Å². The molecule has 1 aromatic carbocycles. The number of nitrogens with two attached hydrogens (primary N) is 1. The number of hydrogen-bond acceptors (Lipinski definition) is 4. The molecule has 1 aromatic rings. The lowest BCUT2D eigenvalue weighted by atomic mass is 10.2. The van der Waals surface area contributed by atoms with Gasteiger partial charge in [0.05, 0.1) is 10.6 Å². The smallest absolute Gasteiger partial charge is 0.240 e. The number of benzene rings is 1.